The van der Waals surface area contributed by atoms with Crippen LogP contribution in [0, 0.1) is 25.2 Å². The van der Waals surface area contributed by atoms with Crippen LogP contribution in [0.2, 0.25) is 5.02 Å². The molecule has 166 valence electrons. The van der Waals surface area contributed by atoms with Crippen molar-refractivity contribution in [2.45, 2.75) is 38.4 Å². The number of aryl methyl sites for hydroxylation is 2. The largest absolute Gasteiger partial charge is 0.290 e. The Hall–Kier alpha value is -3.11. The van der Waals surface area contributed by atoms with Crippen molar-refractivity contribution in [3.8, 4) is 6.07 Å². The second-order valence-electron chi connectivity index (χ2n) is 8.59. The van der Waals surface area contributed by atoms with E-state index in [0.717, 1.165) is 40.7 Å². The first kappa shape index (κ1) is 21.7. The summed E-state index contributed by atoms with van der Waals surface area (Å²) in [5.74, 6) is 0. The smallest absolute Gasteiger partial charge is 0.268 e. The lowest BCUT2D eigenvalue weighted by Gasteiger charge is -2.18. The minimum Gasteiger partial charge on any atom is -0.290 e. The molecule has 0 atom stereocenters. The average Bonchev–Trinajstić information content (AvgIpc) is 3.41. The first-order chi connectivity index (χ1) is 15.8. The number of aromatic nitrogens is 1. The maximum atomic E-state index is 13.4. The molecule has 0 N–H and O–H groups in total. The number of halogens is 1. The molecule has 0 amide bonds. The van der Waals surface area contributed by atoms with Gasteiger partial charge in [0.1, 0.15) is 0 Å². The topological polar surface area (TPSA) is 66.1 Å². The van der Waals surface area contributed by atoms with Crippen LogP contribution in [0.25, 0.3) is 10.9 Å². The van der Waals surface area contributed by atoms with Gasteiger partial charge < -0.3 is 0 Å². The van der Waals surface area contributed by atoms with Crippen molar-refractivity contribution in [3.63, 3.8) is 0 Å². The average molecular weight is 476 g/mol. The summed E-state index contributed by atoms with van der Waals surface area (Å²) >= 11 is 6.68. The van der Waals surface area contributed by atoms with E-state index < -0.39 is 10.0 Å². The minimum atomic E-state index is -3.74. The van der Waals surface area contributed by atoms with Gasteiger partial charge in [-0.25, -0.2) is 12.4 Å². The third kappa shape index (κ3) is 3.72. The Kier molecular flexibility index (Phi) is 5.29. The van der Waals surface area contributed by atoms with Crippen LogP contribution in [0.1, 0.15) is 33.4 Å². The molecule has 5 rings (SSSR count). The Balaban J connectivity index is 1.55. The molecular formula is C26H22ClN3O2S. The van der Waals surface area contributed by atoms with Crippen molar-refractivity contribution in [1.29, 1.82) is 5.26 Å². The first-order valence-corrected chi connectivity index (χ1v) is 12.5. The fourth-order valence-corrected chi connectivity index (χ4v) is 6.31. The molecule has 3 aromatic carbocycles. The molecule has 1 aliphatic rings. The molecule has 2 heterocycles. The second-order valence-corrected chi connectivity index (χ2v) is 10.8. The van der Waals surface area contributed by atoms with Crippen molar-refractivity contribution in [3.05, 3.63) is 99.2 Å². The Labute approximate surface area is 198 Å². The lowest BCUT2D eigenvalue weighted by molar-refractivity contribution is 0.276. The molecule has 5 nitrogen and oxygen atoms in total. The summed E-state index contributed by atoms with van der Waals surface area (Å²) in [6.07, 6.45) is 1.62. The number of rotatable bonds is 4. The minimum absolute atomic E-state index is 0.254. The Morgan fingerprint density at radius 3 is 2.45 bits per heavy atom. The van der Waals surface area contributed by atoms with E-state index in [4.69, 9.17) is 11.6 Å². The van der Waals surface area contributed by atoms with Crippen LogP contribution in [-0.2, 0) is 29.7 Å². The molecule has 0 spiro atoms. The maximum Gasteiger partial charge on any atom is 0.268 e. The SMILES string of the molecule is Cc1ccc(S(=O)(=O)n2ccc3c(CN4Cc5ccc(C#N)cc5C4)c(Cl)cc(C)c32)cc1. The van der Waals surface area contributed by atoms with E-state index in [1.165, 1.54) is 9.54 Å². The zero-order valence-corrected chi connectivity index (χ0v) is 19.9. The lowest BCUT2D eigenvalue weighted by atomic mass is 10.1. The summed E-state index contributed by atoms with van der Waals surface area (Å²) in [4.78, 5) is 2.51. The van der Waals surface area contributed by atoms with Gasteiger partial charge in [0.2, 0.25) is 0 Å². The summed E-state index contributed by atoms with van der Waals surface area (Å²) in [6.45, 7) is 5.88. The van der Waals surface area contributed by atoms with Gasteiger partial charge in [-0.3, -0.25) is 4.90 Å². The predicted octanol–water partition coefficient (Wildman–Crippen LogP) is 5.54. The van der Waals surface area contributed by atoms with Gasteiger partial charge >= 0.3 is 0 Å². The van der Waals surface area contributed by atoms with Crippen molar-refractivity contribution >= 4 is 32.5 Å². The van der Waals surface area contributed by atoms with E-state index in [1.807, 2.05) is 44.2 Å². The van der Waals surface area contributed by atoms with Gasteiger partial charge in [0, 0.05) is 36.2 Å². The maximum absolute atomic E-state index is 13.4. The zero-order valence-electron chi connectivity index (χ0n) is 18.3. The molecule has 1 aromatic heterocycles. The highest BCUT2D eigenvalue weighted by Crippen LogP contribution is 2.35. The number of hydrogen-bond donors (Lipinski definition) is 0. The predicted molar refractivity (Wildman–Crippen MR) is 130 cm³/mol. The van der Waals surface area contributed by atoms with Crippen molar-refractivity contribution in [1.82, 2.24) is 8.87 Å². The molecule has 33 heavy (non-hydrogen) atoms. The molecule has 0 saturated heterocycles. The number of fused-ring (bicyclic) bond motifs is 2. The Bertz CT molecular complexity index is 1550. The van der Waals surface area contributed by atoms with Crippen LogP contribution < -0.4 is 0 Å². The van der Waals surface area contributed by atoms with Crippen LogP contribution in [0.15, 0.2) is 65.7 Å². The van der Waals surface area contributed by atoms with Crippen LogP contribution in [0.5, 0.6) is 0 Å². The summed E-state index contributed by atoms with van der Waals surface area (Å²) in [7, 11) is -3.74. The normalized spacial score (nSPS) is 13.9. The molecule has 0 saturated carbocycles. The van der Waals surface area contributed by atoms with Gasteiger partial charge in [0.15, 0.2) is 0 Å². The molecule has 0 radical (unpaired) electrons. The fourth-order valence-electron chi connectivity index (χ4n) is 4.57. The van der Waals surface area contributed by atoms with E-state index in [-0.39, 0.29) is 4.90 Å². The Morgan fingerprint density at radius 1 is 1.00 bits per heavy atom. The van der Waals surface area contributed by atoms with E-state index in [2.05, 4.69) is 11.0 Å². The van der Waals surface area contributed by atoms with Gasteiger partial charge in [-0.1, -0.05) is 35.4 Å². The van der Waals surface area contributed by atoms with Crippen molar-refractivity contribution < 1.29 is 8.42 Å². The van der Waals surface area contributed by atoms with Crippen molar-refractivity contribution in [2.24, 2.45) is 0 Å². The molecule has 0 unspecified atom stereocenters. The molecule has 0 aliphatic carbocycles. The van der Waals surface area contributed by atoms with Gasteiger partial charge in [0.25, 0.3) is 10.0 Å². The number of nitrogens with zero attached hydrogens (tertiary/aromatic N) is 3. The standard InChI is InChI=1S/C26H22ClN3O2S/c1-17-3-7-22(8-4-17)33(31,32)30-10-9-23-24(25(27)11-18(2)26(23)30)16-29-14-20-6-5-19(13-28)12-21(20)15-29/h3-12H,14-16H2,1-2H3. The third-order valence-corrected chi connectivity index (χ3v) is 8.29. The van der Waals surface area contributed by atoms with E-state index in [9.17, 15) is 13.7 Å². The molecule has 4 aromatic rings. The third-order valence-electron chi connectivity index (χ3n) is 6.27. The molecule has 0 bridgehead atoms. The molecular weight excluding hydrogens is 454 g/mol. The zero-order chi connectivity index (χ0) is 23.3. The molecule has 0 fully saturated rings. The first-order valence-electron chi connectivity index (χ1n) is 10.6. The van der Waals surface area contributed by atoms with Crippen LogP contribution in [-0.4, -0.2) is 17.3 Å². The fraction of sp³-hybridized carbons (Fsp3) is 0.192. The summed E-state index contributed by atoms with van der Waals surface area (Å²) in [5, 5.41) is 10.6. The summed E-state index contributed by atoms with van der Waals surface area (Å²) < 4.78 is 28.2. The van der Waals surface area contributed by atoms with Gasteiger partial charge in [-0.2, -0.15) is 5.26 Å². The number of hydrogen-bond acceptors (Lipinski definition) is 4. The second kappa shape index (κ2) is 8.03. The van der Waals surface area contributed by atoms with Crippen molar-refractivity contribution in [2.75, 3.05) is 0 Å². The molecule has 7 heteroatoms. The Morgan fingerprint density at radius 2 is 1.73 bits per heavy atom. The highest BCUT2D eigenvalue weighted by atomic mass is 35.5. The summed E-state index contributed by atoms with van der Waals surface area (Å²) in [5.41, 5.74) is 6.38. The van der Waals surface area contributed by atoms with Gasteiger partial charge in [-0.05, 0) is 72.5 Å². The number of nitriles is 1. The van der Waals surface area contributed by atoms with Crippen LogP contribution in [0.4, 0.5) is 0 Å². The van der Waals surface area contributed by atoms with E-state index in [0.29, 0.717) is 22.6 Å². The van der Waals surface area contributed by atoms with Crippen LogP contribution in [0.3, 0.4) is 0 Å². The monoisotopic (exact) mass is 475 g/mol. The highest BCUT2D eigenvalue weighted by molar-refractivity contribution is 7.90. The van der Waals surface area contributed by atoms with E-state index in [1.54, 1.807) is 30.5 Å². The van der Waals surface area contributed by atoms with Gasteiger partial charge in [0.05, 0.1) is 22.0 Å². The number of benzene rings is 3. The molecule has 1 aliphatic heterocycles. The highest BCUT2D eigenvalue weighted by Gasteiger charge is 2.25. The lowest BCUT2D eigenvalue weighted by Crippen LogP contribution is -2.16. The van der Waals surface area contributed by atoms with E-state index >= 15 is 0 Å². The summed E-state index contributed by atoms with van der Waals surface area (Å²) in [6, 6.07) is 18.5. The van der Waals surface area contributed by atoms with Crippen LogP contribution >= 0.6 is 11.6 Å². The quantitative estimate of drug-likeness (QED) is 0.389. The van der Waals surface area contributed by atoms with Gasteiger partial charge in [-0.15, -0.1) is 0 Å².